The Morgan fingerprint density at radius 2 is 1.53 bits per heavy atom. The van der Waals surface area contributed by atoms with Crippen LogP contribution in [-0.4, -0.2) is 57.1 Å². The number of Topliss-reactive ketones (excluding diaryl/α,β-unsaturated/α-hetero) is 1. The molecule has 4 aromatic rings. The summed E-state index contributed by atoms with van der Waals surface area (Å²) >= 11 is 0. The van der Waals surface area contributed by atoms with Gasteiger partial charge >= 0.3 is 0 Å². The Morgan fingerprint density at radius 1 is 0.853 bits per heavy atom. The third kappa shape index (κ3) is 4.61. The zero-order valence-electron chi connectivity index (χ0n) is 18.9. The molecule has 2 aromatic carbocycles. The van der Waals surface area contributed by atoms with Gasteiger partial charge in [-0.25, -0.2) is 9.37 Å². The van der Waals surface area contributed by atoms with Gasteiger partial charge in [-0.1, -0.05) is 36.4 Å². The summed E-state index contributed by atoms with van der Waals surface area (Å²) in [5.74, 6) is -0.266. The van der Waals surface area contributed by atoms with E-state index in [0.29, 0.717) is 30.0 Å². The molecule has 6 nitrogen and oxygen atoms in total. The average Bonchev–Trinajstić information content (AvgIpc) is 3.29. The summed E-state index contributed by atoms with van der Waals surface area (Å²) in [4.78, 5) is 33.2. The molecule has 172 valence electrons. The summed E-state index contributed by atoms with van der Waals surface area (Å²) in [6.07, 6.45) is 3.72. The summed E-state index contributed by atoms with van der Waals surface area (Å²) in [6, 6.07) is 17.9. The third-order valence-corrected chi connectivity index (χ3v) is 6.27. The zero-order valence-corrected chi connectivity index (χ0v) is 18.9. The van der Waals surface area contributed by atoms with E-state index in [2.05, 4.69) is 9.88 Å². The predicted octanol–water partition coefficient (Wildman–Crippen LogP) is 4.30. The number of ketones is 1. The van der Waals surface area contributed by atoms with Gasteiger partial charge in [0.1, 0.15) is 17.2 Å². The minimum absolute atomic E-state index is 0.0380. The number of nitrogens with zero attached hydrogens (tertiary/aromatic N) is 4. The van der Waals surface area contributed by atoms with E-state index in [-0.39, 0.29) is 17.5 Å². The predicted molar refractivity (Wildman–Crippen MR) is 128 cm³/mol. The lowest BCUT2D eigenvalue weighted by Gasteiger charge is -2.34. The molecule has 1 aliphatic heterocycles. The molecule has 0 radical (unpaired) electrons. The highest BCUT2D eigenvalue weighted by atomic mass is 19.1. The van der Waals surface area contributed by atoms with Gasteiger partial charge in [-0.2, -0.15) is 0 Å². The number of rotatable bonds is 5. The quantitative estimate of drug-likeness (QED) is 0.420. The van der Waals surface area contributed by atoms with Crippen molar-refractivity contribution < 1.29 is 14.0 Å². The van der Waals surface area contributed by atoms with Gasteiger partial charge in [0.2, 0.25) is 0 Å². The van der Waals surface area contributed by atoms with Crippen molar-refractivity contribution in [3.05, 3.63) is 95.7 Å². The second-order valence-corrected chi connectivity index (χ2v) is 8.64. The van der Waals surface area contributed by atoms with E-state index in [4.69, 9.17) is 0 Å². The zero-order chi connectivity index (χ0) is 23.7. The monoisotopic (exact) mass is 456 g/mol. The molecule has 1 aliphatic rings. The van der Waals surface area contributed by atoms with Crippen molar-refractivity contribution >= 4 is 17.3 Å². The van der Waals surface area contributed by atoms with E-state index < -0.39 is 0 Å². The second kappa shape index (κ2) is 9.19. The summed E-state index contributed by atoms with van der Waals surface area (Å²) < 4.78 is 15.0. The van der Waals surface area contributed by atoms with Gasteiger partial charge in [0.25, 0.3) is 5.91 Å². The van der Waals surface area contributed by atoms with Gasteiger partial charge in [0, 0.05) is 50.7 Å². The van der Waals surface area contributed by atoms with Gasteiger partial charge in [-0.3, -0.25) is 14.5 Å². The number of imidazole rings is 1. The summed E-state index contributed by atoms with van der Waals surface area (Å²) in [6.45, 7) is 5.07. The molecule has 3 heterocycles. The van der Waals surface area contributed by atoms with Crippen LogP contribution in [0.1, 0.15) is 33.3 Å². The molecular weight excluding hydrogens is 431 g/mol. The van der Waals surface area contributed by atoms with Crippen molar-refractivity contribution in [1.29, 1.82) is 0 Å². The number of benzene rings is 2. The van der Waals surface area contributed by atoms with Crippen LogP contribution < -0.4 is 0 Å². The fourth-order valence-corrected chi connectivity index (χ4v) is 4.28. The maximum Gasteiger partial charge on any atom is 0.274 e. The minimum atomic E-state index is -0.232. The van der Waals surface area contributed by atoms with Crippen LogP contribution in [0.2, 0.25) is 0 Å². The lowest BCUT2D eigenvalue weighted by Crippen LogP contribution is -2.48. The summed E-state index contributed by atoms with van der Waals surface area (Å²) in [7, 11) is 0. The van der Waals surface area contributed by atoms with Crippen molar-refractivity contribution in [2.75, 3.05) is 26.2 Å². The van der Waals surface area contributed by atoms with E-state index in [1.54, 1.807) is 25.3 Å². The molecule has 1 saturated heterocycles. The largest absolute Gasteiger partial charge is 0.335 e. The van der Waals surface area contributed by atoms with Crippen LogP contribution in [0.3, 0.4) is 0 Å². The molecule has 0 aliphatic carbocycles. The average molecular weight is 457 g/mol. The van der Waals surface area contributed by atoms with Crippen LogP contribution in [0.15, 0.2) is 73.1 Å². The number of amides is 1. The first kappa shape index (κ1) is 22.0. The minimum Gasteiger partial charge on any atom is -0.335 e. The number of carbonyl (C=O) groups is 2. The van der Waals surface area contributed by atoms with Crippen molar-refractivity contribution in [3.8, 4) is 11.1 Å². The molecule has 0 saturated carbocycles. The molecule has 0 unspecified atom stereocenters. The van der Waals surface area contributed by atoms with Crippen molar-refractivity contribution in [2.45, 2.75) is 13.5 Å². The normalized spacial score (nSPS) is 14.5. The highest BCUT2D eigenvalue weighted by Gasteiger charge is 2.24. The number of fused-ring (bicyclic) bond motifs is 1. The van der Waals surface area contributed by atoms with Crippen molar-refractivity contribution in [3.63, 3.8) is 0 Å². The fraction of sp³-hybridized carbons (Fsp3) is 0.222. The highest BCUT2D eigenvalue weighted by Crippen LogP contribution is 2.22. The van der Waals surface area contributed by atoms with Gasteiger partial charge in [-0.15, -0.1) is 0 Å². The molecule has 34 heavy (non-hydrogen) atoms. The van der Waals surface area contributed by atoms with E-state index in [9.17, 15) is 14.0 Å². The molecule has 0 N–H and O–H groups in total. The lowest BCUT2D eigenvalue weighted by molar-refractivity contribution is 0.0623. The Kier molecular flexibility index (Phi) is 5.94. The molecule has 0 bridgehead atoms. The first-order chi connectivity index (χ1) is 16.5. The first-order valence-electron chi connectivity index (χ1n) is 11.3. The van der Waals surface area contributed by atoms with Crippen LogP contribution in [-0.2, 0) is 6.54 Å². The number of halogens is 1. The maximum atomic E-state index is 13.1. The van der Waals surface area contributed by atoms with Gasteiger partial charge in [0.05, 0.1) is 0 Å². The van der Waals surface area contributed by atoms with Gasteiger partial charge < -0.3 is 9.30 Å². The number of aromatic nitrogens is 2. The van der Waals surface area contributed by atoms with E-state index in [0.717, 1.165) is 36.3 Å². The number of piperazine rings is 1. The maximum absolute atomic E-state index is 13.1. The number of hydrogen-bond acceptors (Lipinski definition) is 4. The Labute approximate surface area is 197 Å². The van der Waals surface area contributed by atoms with Crippen LogP contribution >= 0.6 is 0 Å². The Hall–Kier alpha value is -3.84. The number of pyridine rings is 1. The number of carbonyl (C=O) groups excluding carboxylic acids is 2. The summed E-state index contributed by atoms with van der Waals surface area (Å²) in [5, 5.41) is 0. The molecular formula is C27H25FN4O2. The molecule has 1 fully saturated rings. The number of hydrogen-bond donors (Lipinski definition) is 0. The summed E-state index contributed by atoms with van der Waals surface area (Å²) in [5.41, 5.74) is 4.85. The Morgan fingerprint density at radius 3 is 2.21 bits per heavy atom. The van der Waals surface area contributed by atoms with E-state index in [1.165, 1.54) is 12.1 Å². The van der Waals surface area contributed by atoms with Crippen molar-refractivity contribution in [1.82, 2.24) is 19.2 Å². The molecule has 7 heteroatoms. The SMILES string of the molecule is CC(=O)c1ccc(-c2ccc3nc(C(=O)N4CCN(Cc5ccc(F)cc5)CC4)cn3c2)cc1. The van der Waals surface area contributed by atoms with Gasteiger partial charge in [-0.05, 0) is 47.9 Å². The molecule has 2 aromatic heterocycles. The van der Waals surface area contributed by atoms with Gasteiger partial charge in [0.15, 0.2) is 5.78 Å². The highest BCUT2D eigenvalue weighted by molar-refractivity contribution is 5.94. The fourth-order valence-electron chi connectivity index (χ4n) is 4.28. The molecule has 0 atom stereocenters. The first-order valence-corrected chi connectivity index (χ1v) is 11.3. The Balaban J connectivity index is 1.25. The molecule has 5 rings (SSSR count). The van der Waals surface area contributed by atoms with Crippen molar-refractivity contribution in [2.24, 2.45) is 0 Å². The second-order valence-electron chi connectivity index (χ2n) is 8.64. The smallest absolute Gasteiger partial charge is 0.274 e. The third-order valence-electron chi connectivity index (χ3n) is 6.27. The van der Waals surface area contributed by atoms with E-state index in [1.807, 2.05) is 51.9 Å². The van der Waals surface area contributed by atoms with Crippen LogP contribution in [0.25, 0.3) is 16.8 Å². The molecule has 1 amide bonds. The van der Waals surface area contributed by atoms with Crippen LogP contribution in [0.4, 0.5) is 4.39 Å². The van der Waals surface area contributed by atoms with Crippen LogP contribution in [0, 0.1) is 5.82 Å². The topological polar surface area (TPSA) is 57.9 Å². The van der Waals surface area contributed by atoms with E-state index >= 15 is 0 Å². The van der Waals surface area contributed by atoms with Crippen LogP contribution in [0.5, 0.6) is 0 Å². The Bertz CT molecular complexity index is 1340. The molecule has 0 spiro atoms. The standard InChI is InChI=1S/C27H25FN4O2/c1-19(33)21-4-6-22(7-5-21)23-8-11-26-29-25(18-32(26)17-23)27(34)31-14-12-30(13-15-31)16-20-2-9-24(28)10-3-20/h2-11,17-18H,12-16H2,1H3. The lowest BCUT2D eigenvalue weighted by atomic mass is 10.0.